The van der Waals surface area contributed by atoms with Crippen LogP contribution in [0.3, 0.4) is 0 Å². The van der Waals surface area contributed by atoms with Gasteiger partial charge in [-0.05, 0) is 24.1 Å². The average Bonchev–Trinajstić information content (AvgIpc) is 2.45. The van der Waals surface area contributed by atoms with Crippen molar-refractivity contribution in [3.8, 4) is 11.1 Å². The summed E-state index contributed by atoms with van der Waals surface area (Å²) in [5, 5.41) is 8.61. The molecule has 0 aliphatic rings. The third-order valence-electron chi connectivity index (χ3n) is 3.00. The highest BCUT2D eigenvalue weighted by Gasteiger charge is 2.12. The summed E-state index contributed by atoms with van der Waals surface area (Å²) in [7, 11) is 0. The zero-order valence-corrected chi connectivity index (χ0v) is 11.9. The molecule has 2 aromatic carbocycles. The summed E-state index contributed by atoms with van der Waals surface area (Å²) < 4.78 is 14.2. The Hall–Kier alpha value is -1.81. The first-order chi connectivity index (χ1) is 9.58. The minimum atomic E-state index is -0.858. The van der Waals surface area contributed by atoms with Crippen molar-refractivity contribution < 1.29 is 14.3 Å². The predicted molar refractivity (Wildman–Crippen MR) is 80.3 cm³/mol. The van der Waals surface area contributed by atoms with Gasteiger partial charge in [0.15, 0.2) is 0 Å². The number of carboxylic acids is 1. The van der Waals surface area contributed by atoms with Crippen LogP contribution >= 0.6 is 11.8 Å². The van der Waals surface area contributed by atoms with Crippen LogP contribution in [0.2, 0.25) is 0 Å². The highest BCUT2D eigenvalue weighted by molar-refractivity contribution is 8.00. The molecule has 0 spiro atoms. The van der Waals surface area contributed by atoms with Crippen molar-refractivity contribution in [3.05, 3.63) is 59.9 Å². The Kier molecular flexibility index (Phi) is 4.79. The van der Waals surface area contributed by atoms with Crippen LogP contribution in [0, 0.1) is 5.82 Å². The van der Waals surface area contributed by atoms with Crippen molar-refractivity contribution in [1.82, 2.24) is 0 Å². The van der Waals surface area contributed by atoms with Gasteiger partial charge in [-0.25, -0.2) is 4.39 Å². The second-order valence-electron chi connectivity index (χ2n) is 4.45. The second kappa shape index (κ2) is 6.57. The number of rotatable bonds is 5. The number of benzene rings is 2. The lowest BCUT2D eigenvalue weighted by Gasteiger charge is -2.12. The highest BCUT2D eigenvalue weighted by atomic mass is 32.2. The fourth-order valence-electron chi connectivity index (χ4n) is 1.93. The van der Waals surface area contributed by atoms with Crippen LogP contribution in [-0.2, 0) is 4.79 Å². The van der Waals surface area contributed by atoms with Gasteiger partial charge in [-0.15, -0.1) is 11.8 Å². The molecule has 0 fully saturated rings. The number of thioether (sulfide) groups is 1. The lowest BCUT2D eigenvalue weighted by Crippen LogP contribution is -2.01. The Morgan fingerprint density at radius 3 is 2.55 bits per heavy atom. The van der Waals surface area contributed by atoms with E-state index in [-0.39, 0.29) is 16.8 Å². The molecular formula is C16H15FO2S. The molecule has 0 saturated carbocycles. The topological polar surface area (TPSA) is 37.3 Å². The van der Waals surface area contributed by atoms with Gasteiger partial charge in [-0.2, -0.15) is 0 Å². The first kappa shape index (κ1) is 14.6. The van der Waals surface area contributed by atoms with E-state index in [0.29, 0.717) is 5.56 Å². The van der Waals surface area contributed by atoms with E-state index in [2.05, 4.69) is 0 Å². The fourth-order valence-corrected chi connectivity index (χ4v) is 2.66. The molecule has 0 bridgehead atoms. The van der Waals surface area contributed by atoms with Gasteiger partial charge in [0.05, 0.1) is 5.75 Å². The third-order valence-corrected chi connectivity index (χ3v) is 4.19. The molecule has 0 aliphatic carbocycles. The van der Waals surface area contributed by atoms with E-state index in [1.165, 1.54) is 17.8 Å². The van der Waals surface area contributed by atoms with E-state index < -0.39 is 5.97 Å². The Bertz CT molecular complexity index is 599. The number of halogens is 1. The summed E-state index contributed by atoms with van der Waals surface area (Å²) in [6, 6.07) is 14.4. The fraction of sp³-hybridized carbons (Fsp3) is 0.188. The van der Waals surface area contributed by atoms with Crippen molar-refractivity contribution in [1.29, 1.82) is 0 Å². The number of carboxylic acid groups (broad SMARTS) is 1. The molecule has 2 nitrogen and oxygen atoms in total. The van der Waals surface area contributed by atoms with Crippen molar-refractivity contribution in [3.63, 3.8) is 0 Å². The average molecular weight is 290 g/mol. The first-order valence-electron chi connectivity index (χ1n) is 6.26. The van der Waals surface area contributed by atoms with Crippen molar-refractivity contribution in [2.45, 2.75) is 12.2 Å². The molecule has 2 aromatic rings. The molecule has 0 amide bonds. The zero-order chi connectivity index (χ0) is 14.5. The predicted octanol–water partition coefficient (Wildman–Crippen LogP) is 4.37. The third kappa shape index (κ3) is 3.61. The Balaban J connectivity index is 2.20. The maximum Gasteiger partial charge on any atom is 0.313 e. The minimum Gasteiger partial charge on any atom is -0.481 e. The molecule has 4 heteroatoms. The minimum absolute atomic E-state index is 0.0171. The van der Waals surface area contributed by atoms with Crippen LogP contribution in [0.4, 0.5) is 4.39 Å². The van der Waals surface area contributed by atoms with Crippen molar-refractivity contribution >= 4 is 17.7 Å². The number of hydrogen-bond acceptors (Lipinski definition) is 2. The van der Waals surface area contributed by atoms with Gasteiger partial charge in [0.1, 0.15) is 5.82 Å². The van der Waals surface area contributed by atoms with Crippen molar-refractivity contribution in [2.75, 3.05) is 5.75 Å². The standard InChI is InChI=1S/C16H15FO2S/c1-11(20-10-16(18)19)13-7-8-14(15(17)9-13)12-5-3-2-4-6-12/h2-9,11H,10H2,1H3,(H,18,19). The van der Waals surface area contributed by atoms with Gasteiger partial charge >= 0.3 is 5.97 Å². The summed E-state index contributed by atoms with van der Waals surface area (Å²) in [5.41, 5.74) is 2.20. The summed E-state index contributed by atoms with van der Waals surface area (Å²) in [6.45, 7) is 1.88. The summed E-state index contributed by atoms with van der Waals surface area (Å²) in [5.74, 6) is -1.12. The molecule has 1 N–H and O–H groups in total. The van der Waals surface area contributed by atoms with Crippen LogP contribution < -0.4 is 0 Å². The molecule has 2 rings (SSSR count). The second-order valence-corrected chi connectivity index (χ2v) is 5.78. The van der Waals surface area contributed by atoms with E-state index in [9.17, 15) is 9.18 Å². The SMILES string of the molecule is CC(SCC(=O)O)c1ccc(-c2ccccc2)c(F)c1. The van der Waals surface area contributed by atoms with Crippen LogP contribution in [0.5, 0.6) is 0 Å². The smallest absolute Gasteiger partial charge is 0.313 e. The largest absolute Gasteiger partial charge is 0.481 e. The van der Waals surface area contributed by atoms with E-state index >= 15 is 0 Å². The highest BCUT2D eigenvalue weighted by Crippen LogP contribution is 2.31. The van der Waals surface area contributed by atoms with E-state index in [1.807, 2.05) is 43.3 Å². The quantitative estimate of drug-likeness (QED) is 0.888. The van der Waals surface area contributed by atoms with E-state index in [1.54, 1.807) is 6.07 Å². The lowest BCUT2D eigenvalue weighted by atomic mass is 10.0. The van der Waals surface area contributed by atoms with Gasteiger partial charge in [-0.1, -0.05) is 42.5 Å². The van der Waals surface area contributed by atoms with Crippen LogP contribution in [0.25, 0.3) is 11.1 Å². The van der Waals surface area contributed by atoms with Crippen molar-refractivity contribution in [2.24, 2.45) is 0 Å². The summed E-state index contributed by atoms with van der Waals surface area (Å²) in [6.07, 6.45) is 0. The molecule has 0 aliphatic heterocycles. The molecule has 1 atom stereocenters. The number of hydrogen-bond donors (Lipinski definition) is 1. The molecule has 0 aromatic heterocycles. The maximum atomic E-state index is 14.2. The van der Waals surface area contributed by atoms with Gasteiger partial charge in [-0.3, -0.25) is 4.79 Å². The van der Waals surface area contributed by atoms with Crippen LogP contribution in [0.15, 0.2) is 48.5 Å². The Morgan fingerprint density at radius 2 is 1.95 bits per heavy atom. The number of aliphatic carboxylic acids is 1. The summed E-state index contributed by atoms with van der Waals surface area (Å²) in [4.78, 5) is 10.5. The van der Waals surface area contributed by atoms with Gasteiger partial charge < -0.3 is 5.11 Å². The molecule has 0 saturated heterocycles. The lowest BCUT2D eigenvalue weighted by molar-refractivity contribution is -0.133. The van der Waals surface area contributed by atoms with Crippen LogP contribution in [-0.4, -0.2) is 16.8 Å². The molecule has 0 radical (unpaired) electrons. The molecule has 1 unspecified atom stereocenters. The molecule has 0 heterocycles. The Labute approximate surface area is 121 Å². The molecule has 20 heavy (non-hydrogen) atoms. The zero-order valence-electron chi connectivity index (χ0n) is 11.0. The van der Waals surface area contributed by atoms with E-state index in [0.717, 1.165) is 11.1 Å². The molecule has 104 valence electrons. The van der Waals surface area contributed by atoms with Gasteiger partial charge in [0.2, 0.25) is 0 Å². The monoisotopic (exact) mass is 290 g/mol. The van der Waals surface area contributed by atoms with Gasteiger partial charge in [0, 0.05) is 10.8 Å². The maximum absolute atomic E-state index is 14.2. The van der Waals surface area contributed by atoms with E-state index in [4.69, 9.17) is 5.11 Å². The van der Waals surface area contributed by atoms with Gasteiger partial charge in [0.25, 0.3) is 0 Å². The summed E-state index contributed by atoms with van der Waals surface area (Å²) >= 11 is 1.28. The van der Waals surface area contributed by atoms with Crippen LogP contribution in [0.1, 0.15) is 17.7 Å². The first-order valence-corrected chi connectivity index (χ1v) is 7.31. The normalized spacial score (nSPS) is 12.1. The number of carbonyl (C=O) groups is 1. The Morgan fingerprint density at radius 1 is 1.25 bits per heavy atom. The molecular weight excluding hydrogens is 275 g/mol.